The van der Waals surface area contributed by atoms with Crippen LogP contribution < -0.4 is 5.32 Å². The minimum Gasteiger partial charge on any atom is -0.329 e. The molecular formula is C24H30N4O2S. The molecule has 31 heavy (non-hydrogen) atoms. The van der Waals surface area contributed by atoms with E-state index in [-0.39, 0.29) is 23.8 Å². The van der Waals surface area contributed by atoms with Gasteiger partial charge in [-0.15, -0.1) is 11.3 Å². The van der Waals surface area contributed by atoms with Gasteiger partial charge in [0.15, 0.2) is 0 Å². The van der Waals surface area contributed by atoms with Crippen molar-refractivity contribution in [3.63, 3.8) is 0 Å². The number of thiophene rings is 1. The van der Waals surface area contributed by atoms with Crippen molar-refractivity contribution in [2.24, 2.45) is 0 Å². The van der Waals surface area contributed by atoms with Crippen LogP contribution in [0.2, 0.25) is 0 Å². The number of carbonyl (C=O) groups is 2. The fraction of sp³-hybridized carbons (Fsp3) is 0.375. The number of benzene rings is 1. The first-order valence-electron chi connectivity index (χ1n) is 10.5. The van der Waals surface area contributed by atoms with E-state index in [4.69, 9.17) is 5.10 Å². The molecular weight excluding hydrogens is 408 g/mol. The van der Waals surface area contributed by atoms with Crippen molar-refractivity contribution in [3.05, 3.63) is 64.0 Å². The van der Waals surface area contributed by atoms with E-state index in [1.54, 1.807) is 15.6 Å². The van der Waals surface area contributed by atoms with Crippen LogP contribution in [0.4, 0.5) is 5.82 Å². The molecule has 3 rings (SSSR count). The molecule has 0 saturated heterocycles. The molecule has 2 aromatic heterocycles. The highest BCUT2D eigenvalue weighted by Gasteiger charge is 2.24. The second kappa shape index (κ2) is 9.47. The number of hydrogen-bond donors (Lipinski definition) is 1. The Balaban J connectivity index is 1.86. The van der Waals surface area contributed by atoms with Gasteiger partial charge in [0.25, 0.3) is 5.91 Å². The molecule has 2 amide bonds. The Morgan fingerprint density at radius 2 is 1.90 bits per heavy atom. The topological polar surface area (TPSA) is 67.2 Å². The van der Waals surface area contributed by atoms with Crippen LogP contribution >= 0.6 is 11.3 Å². The number of hydrogen-bond acceptors (Lipinski definition) is 4. The second-order valence-electron chi connectivity index (χ2n) is 8.62. The minimum atomic E-state index is -0.242. The molecule has 0 saturated carbocycles. The number of aromatic nitrogens is 2. The van der Waals surface area contributed by atoms with Crippen molar-refractivity contribution in [1.29, 1.82) is 0 Å². The quantitative estimate of drug-likeness (QED) is 0.562. The maximum Gasteiger partial charge on any atom is 0.264 e. The van der Waals surface area contributed by atoms with Gasteiger partial charge < -0.3 is 10.2 Å². The van der Waals surface area contributed by atoms with E-state index in [0.717, 1.165) is 23.4 Å². The molecule has 1 aromatic carbocycles. The van der Waals surface area contributed by atoms with Crippen molar-refractivity contribution in [2.75, 3.05) is 18.4 Å². The molecule has 0 atom stereocenters. The molecule has 0 fully saturated rings. The van der Waals surface area contributed by atoms with Gasteiger partial charge in [-0.05, 0) is 36.4 Å². The molecule has 0 radical (unpaired) electrons. The van der Waals surface area contributed by atoms with Gasteiger partial charge in [-0.2, -0.15) is 5.10 Å². The van der Waals surface area contributed by atoms with Crippen LogP contribution in [0.3, 0.4) is 0 Å². The second-order valence-corrected chi connectivity index (χ2v) is 9.56. The first kappa shape index (κ1) is 22.7. The third-order valence-electron chi connectivity index (χ3n) is 4.94. The summed E-state index contributed by atoms with van der Waals surface area (Å²) in [6.45, 7) is 10.8. The summed E-state index contributed by atoms with van der Waals surface area (Å²) in [4.78, 5) is 28.0. The van der Waals surface area contributed by atoms with E-state index in [1.165, 1.54) is 11.3 Å². The average molecular weight is 439 g/mol. The minimum absolute atomic E-state index is 0.00558. The van der Waals surface area contributed by atoms with E-state index < -0.39 is 0 Å². The maximum atomic E-state index is 13.0. The summed E-state index contributed by atoms with van der Waals surface area (Å²) in [5.41, 5.74) is 2.68. The lowest BCUT2D eigenvalue weighted by molar-refractivity contribution is -0.116. The molecule has 164 valence electrons. The van der Waals surface area contributed by atoms with Crippen molar-refractivity contribution in [1.82, 2.24) is 14.7 Å². The Morgan fingerprint density at radius 3 is 2.52 bits per heavy atom. The lowest BCUT2D eigenvalue weighted by Crippen LogP contribution is -2.38. The van der Waals surface area contributed by atoms with Crippen molar-refractivity contribution < 1.29 is 9.59 Å². The molecule has 0 spiro atoms. The normalized spacial score (nSPS) is 11.4. The third-order valence-corrected chi connectivity index (χ3v) is 5.79. The van der Waals surface area contributed by atoms with E-state index in [9.17, 15) is 9.59 Å². The first-order valence-corrected chi connectivity index (χ1v) is 11.4. The lowest BCUT2D eigenvalue weighted by atomic mass is 9.92. The van der Waals surface area contributed by atoms with E-state index in [0.29, 0.717) is 17.2 Å². The van der Waals surface area contributed by atoms with Crippen LogP contribution in [0.25, 0.3) is 5.69 Å². The van der Waals surface area contributed by atoms with Gasteiger partial charge in [0.1, 0.15) is 12.4 Å². The third kappa shape index (κ3) is 5.41. The largest absolute Gasteiger partial charge is 0.329 e. The fourth-order valence-corrected chi connectivity index (χ4v) is 3.95. The van der Waals surface area contributed by atoms with Gasteiger partial charge in [0.05, 0.1) is 16.3 Å². The van der Waals surface area contributed by atoms with Crippen LogP contribution in [0.1, 0.15) is 55.0 Å². The lowest BCUT2D eigenvalue weighted by Gasteiger charge is -2.21. The Kier molecular flexibility index (Phi) is 6.95. The van der Waals surface area contributed by atoms with Gasteiger partial charge >= 0.3 is 0 Å². The number of nitrogens with one attached hydrogen (secondary N) is 1. The van der Waals surface area contributed by atoms with Crippen LogP contribution in [-0.2, 0) is 10.2 Å². The highest BCUT2D eigenvalue weighted by molar-refractivity contribution is 7.12. The monoisotopic (exact) mass is 438 g/mol. The highest BCUT2D eigenvalue weighted by atomic mass is 32.1. The number of rotatable bonds is 7. The predicted octanol–water partition coefficient (Wildman–Crippen LogP) is 5.03. The smallest absolute Gasteiger partial charge is 0.264 e. The molecule has 7 heteroatoms. The summed E-state index contributed by atoms with van der Waals surface area (Å²) in [6.07, 6.45) is 0.777. The molecule has 6 nitrogen and oxygen atoms in total. The summed E-state index contributed by atoms with van der Waals surface area (Å²) < 4.78 is 1.78. The summed E-state index contributed by atoms with van der Waals surface area (Å²) >= 11 is 1.39. The fourth-order valence-electron chi connectivity index (χ4n) is 3.26. The van der Waals surface area contributed by atoms with E-state index >= 15 is 0 Å². The zero-order valence-corrected chi connectivity index (χ0v) is 19.6. The van der Waals surface area contributed by atoms with Crippen LogP contribution in [0.5, 0.6) is 0 Å². The highest BCUT2D eigenvalue weighted by Crippen LogP contribution is 2.27. The number of aryl methyl sites for hydroxylation is 1. The summed E-state index contributed by atoms with van der Waals surface area (Å²) in [7, 11) is 0. The molecule has 0 aliphatic carbocycles. The van der Waals surface area contributed by atoms with Crippen LogP contribution in [0, 0.1) is 6.92 Å². The van der Waals surface area contributed by atoms with Gasteiger partial charge in [0.2, 0.25) is 5.91 Å². The summed E-state index contributed by atoms with van der Waals surface area (Å²) in [5.74, 6) is 0.243. The van der Waals surface area contributed by atoms with Gasteiger partial charge in [-0.3, -0.25) is 9.59 Å². The maximum absolute atomic E-state index is 13.0. The Bertz CT molecular complexity index is 1050. The molecule has 1 N–H and O–H groups in total. The standard InChI is InChI=1S/C24H30N4O2S/c1-6-13-27(23(30)19-12-9-14-31-19)16-22(29)25-21-15-20(24(3,4)5)26-28(21)18-11-8-7-10-17(18)2/h7-12,14-15H,6,13,16H2,1-5H3,(H,25,29). The Hall–Kier alpha value is -2.93. The number of nitrogens with zero attached hydrogens (tertiary/aromatic N) is 3. The first-order chi connectivity index (χ1) is 14.7. The Labute approximate surface area is 187 Å². The van der Waals surface area contributed by atoms with Crippen molar-refractivity contribution >= 4 is 29.0 Å². The molecule has 0 bridgehead atoms. The van der Waals surface area contributed by atoms with Gasteiger partial charge in [0, 0.05) is 18.0 Å². The Morgan fingerprint density at radius 1 is 1.16 bits per heavy atom. The average Bonchev–Trinajstić information content (AvgIpc) is 3.37. The number of carbonyl (C=O) groups excluding carboxylic acids is 2. The van der Waals surface area contributed by atoms with Crippen LogP contribution in [-0.4, -0.2) is 39.6 Å². The number of anilines is 1. The van der Waals surface area contributed by atoms with Gasteiger partial charge in [-0.25, -0.2) is 4.68 Å². The van der Waals surface area contributed by atoms with E-state index in [1.807, 2.05) is 55.6 Å². The molecule has 2 heterocycles. The molecule has 0 aliphatic rings. The molecule has 3 aromatic rings. The molecule has 0 unspecified atom stereocenters. The number of amides is 2. The SMILES string of the molecule is CCCN(CC(=O)Nc1cc(C(C)(C)C)nn1-c1ccccc1C)C(=O)c1cccs1. The van der Waals surface area contributed by atoms with Crippen molar-refractivity contribution in [2.45, 2.75) is 46.5 Å². The predicted molar refractivity (Wildman–Crippen MR) is 126 cm³/mol. The molecule has 0 aliphatic heterocycles. The summed E-state index contributed by atoms with van der Waals surface area (Å²) in [6, 6.07) is 13.5. The van der Waals surface area contributed by atoms with Crippen LogP contribution in [0.15, 0.2) is 47.8 Å². The zero-order chi connectivity index (χ0) is 22.6. The van der Waals surface area contributed by atoms with Gasteiger partial charge in [-0.1, -0.05) is 52.0 Å². The summed E-state index contributed by atoms with van der Waals surface area (Å²) in [5, 5.41) is 9.64. The van der Waals surface area contributed by atoms with E-state index in [2.05, 4.69) is 26.1 Å². The van der Waals surface area contributed by atoms with Crippen molar-refractivity contribution in [3.8, 4) is 5.69 Å². The number of para-hydroxylation sites is 1. The zero-order valence-electron chi connectivity index (χ0n) is 18.8.